The highest BCUT2D eigenvalue weighted by Crippen LogP contribution is 2.23. The smallest absolute Gasteiger partial charge is 0.266 e. The first kappa shape index (κ1) is 12.5. The SMILES string of the molecule is CC1CC=NC=C1C(=O)N1CC[n+]2cc1ncc2Br. The van der Waals surface area contributed by atoms with Gasteiger partial charge < -0.3 is 0 Å². The van der Waals surface area contributed by atoms with Crippen molar-refractivity contribution in [3.63, 3.8) is 0 Å². The molecule has 1 aromatic heterocycles. The first-order valence-corrected chi connectivity index (χ1v) is 7.04. The Kier molecular flexibility index (Phi) is 3.18. The van der Waals surface area contributed by atoms with Crippen LogP contribution in [0.5, 0.6) is 0 Å². The quantitative estimate of drug-likeness (QED) is 0.735. The number of halogens is 1. The van der Waals surface area contributed by atoms with Gasteiger partial charge >= 0.3 is 0 Å². The van der Waals surface area contributed by atoms with E-state index < -0.39 is 0 Å². The van der Waals surface area contributed by atoms with E-state index in [4.69, 9.17) is 0 Å². The predicted molar refractivity (Wildman–Crippen MR) is 74.8 cm³/mol. The van der Waals surface area contributed by atoms with Gasteiger partial charge in [0.25, 0.3) is 10.5 Å². The number of carbonyl (C=O) groups excluding carboxylic acids is 1. The van der Waals surface area contributed by atoms with Gasteiger partial charge in [-0.3, -0.25) is 14.7 Å². The molecule has 98 valence electrons. The van der Waals surface area contributed by atoms with Crippen molar-refractivity contribution in [1.29, 1.82) is 0 Å². The van der Waals surface area contributed by atoms with Crippen LogP contribution in [0.1, 0.15) is 13.3 Å². The Morgan fingerprint density at radius 3 is 3.21 bits per heavy atom. The van der Waals surface area contributed by atoms with E-state index in [1.54, 1.807) is 17.3 Å². The summed E-state index contributed by atoms with van der Waals surface area (Å²) in [6, 6.07) is 0. The van der Waals surface area contributed by atoms with Crippen molar-refractivity contribution in [3.8, 4) is 0 Å². The minimum absolute atomic E-state index is 0.0189. The number of aromatic nitrogens is 2. The minimum atomic E-state index is 0.0189. The van der Waals surface area contributed by atoms with Crippen LogP contribution < -0.4 is 9.47 Å². The molecule has 0 aliphatic carbocycles. The number of hydrogen-bond acceptors (Lipinski definition) is 3. The third-order valence-electron chi connectivity index (χ3n) is 3.49. The van der Waals surface area contributed by atoms with Gasteiger partial charge in [0.2, 0.25) is 12.0 Å². The number of carbonyl (C=O) groups is 1. The number of anilines is 1. The van der Waals surface area contributed by atoms with Crippen LogP contribution in [-0.4, -0.2) is 23.7 Å². The predicted octanol–water partition coefficient (Wildman–Crippen LogP) is 1.47. The van der Waals surface area contributed by atoms with Gasteiger partial charge in [-0.05, 0) is 12.3 Å². The molecule has 19 heavy (non-hydrogen) atoms. The van der Waals surface area contributed by atoms with E-state index in [1.807, 2.05) is 23.9 Å². The molecular formula is C13H14BrN4O+. The van der Waals surface area contributed by atoms with E-state index in [1.165, 1.54) is 0 Å². The van der Waals surface area contributed by atoms with Gasteiger partial charge in [-0.25, -0.2) is 4.98 Å². The molecule has 0 aromatic carbocycles. The Labute approximate surface area is 119 Å². The van der Waals surface area contributed by atoms with Crippen LogP contribution in [0.3, 0.4) is 0 Å². The zero-order valence-electron chi connectivity index (χ0n) is 10.6. The average molecular weight is 322 g/mol. The Morgan fingerprint density at radius 1 is 1.58 bits per heavy atom. The van der Waals surface area contributed by atoms with Gasteiger partial charge in [-0.15, -0.1) is 0 Å². The van der Waals surface area contributed by atoms with Gasteiger partial charge in [0.05, 0.1) is 6.54 Å². The summed E-state index contributed by atoms with van der Waals surface area (Å²) in [6.45, 7) is 3.46. The third kappa shape index (κ3) is 2.20. The van der Waals surface area contributed by atoms with Crippen molar-refractivity contribution in [2.24, 2.45) is 10.9 Å². The highest BCUT2D eigenvalue weighted by atomic mass is 79.9. The monoisotopic (exact) mass is 321 g/mol. The van der Waals surface area contributed by atoms with Crippen molar-refractivity contribution >= 4 is 33.9 Å². The van der Waals surface area contributed by atoms with E-state index in [9.17, 15) is 4.79 Å². The Bertz CT molecular complexity index is 596. The zero-order valence-corrected chi connectivity index (χ0v) is 12.2. The van der Waals surface area contributed by atoms with E-state index in [0.29, 0.717) is 12.4 Å². The van der Waals surface area contributed by atoms with E-state index >= 15 is 0 Å². The first-order chi connectivity index (χ1) is 9.16. The summed E-state index contributed by atoms with van der Waals surface area (Å²) in [5.74, 6) is 0.932. The number of aliphatic imine (C=N–C) groups is 1. The van der Waals surface area contributed by atoms with Gasteiger partial charge in [0, 0.05) is 33.9 Å². The van der Waals surface area contributed by atoms with Gasteiger partial charge in [0.15, 0.2) is 6.54 Å². The second-order valence-electron chi connectivity index (χ2n) is 4.77. The lowest BCUT2D eigenvalue weighted by molar-refractivity contribution is -0.707. The van der Waals surface area contributed by atoms with Crippen molar-refractivity contribution in [3.05, 3.63) is 28.8 Å². The molecule has 5 nitrogen and oxygen atoms in total. The molecular weight excluding hydrogens is 308 g/mol. The molecule has 2 aliphatic rings. The Balaban J connectivity index is 1.91. The molecule has 0 saturated carbocycles. The molecule has 1 atom stereocenters. The largest absolute Gasteiger partial charge is 0.281 e. The molecule has 0 N–H and O–H groups in total. The number of amides is 1. The lowest BCUT2D eigenvalue weighted by Gasteiger charge is -2.26. The second kappa shape index (κ2) is 4.85. The molecule has 3 heterocycles. The summed E-state index contributed by atoms with van der Waals surface area (Å²) in [7, 11) is 0. The van der Waals surface area contributed by atoms with Crippen LogP contribution in [0.2, 0.25) is 0 Å². The summed E-state index contributed by atoms with van der Waals surface area (Å²) in [5.41, 5.74) is 0.765. The van der Waals surface area contributed by atoms with Crippen molar-refractivity contribution in [1.82, 2.24) is 4.98 Å². The summed E-state index contributed by atoms with van der Waals surface area (Å²) >= 11 is 3.43. The van der Waals surface area contributed by atoms with Gasteiger partial charge in [-0.1, -0.05) is 6.92 Å². The Morgan fingerprint density at radius 2 is 2.42 bits per heavy atom. The number of fused-ring (bicyclic) bond motifs is 2. The van der Waals surface area contributed by atoms with E-state index in [-0.39, 0.29) is 11.8 Å². The van der Waals surface area contributed by atoms with Crippen molar-refractivity contribution in [2.75, 3.05) is 11.4 Å². The molecule has 0 radical (unpaired) electrons. The molecule has 3 rings (SSSR count). The van der Waals surface area contributed by atoms with Crippen LogP contribution in [0.25, 0.3) is 0 Å². The molecule has 2 bridgehead atoms. The number of nitrogens with zero attached hydrogens (tertiary/aromatic N) is 4. The first-order valence-electron chi connectivity index (χ1n) is 6.25. The summed E-state index contributed by atoms with van der Waals surface area (Å²) in [4.78, 5) is 22.7. The molecule has 1 unspecified atom stereocenters. The highest BCUT2D eigenvalue weighted by Gasteiger charge is 2.31. The fourth-order valence-corrected chi connectivity index (χ4v) is 2.68. The summed E-state index contributed by atoms with van der Waals surface area (Å²) in [5, 5.41) is 0. The zero-order chi connectivity index (χ0) is 13.4. The maximum atomic E-state index is 12.6. The maximum absolute atomic E-state index is 12.6. The molecule has 1 amide bonds. The molecule has 0 saturated heterocycles. The van der Waals surface area contributed by atoms with Crippen LogP contribution in [0.15, 0.2) is 33.8 Å². The van der Waals surface area contributed by atoms with Crippen LogP contribution in [-0.2, 0) is 11.3 Å². The lowest BCUT2D eigenvalue weighted by atomic mass is 9.96. The molecule has 2 aliphatic heterocycles. The molecule has 1 aromatic rings. The van der Waals surface area contributed by atoms with Crippen LogP contribution >= 0.6 is 15.9 Å². The maximum Gasteiger partial charge on any atom is 0.266 e. The van der Waals surface area contributed by atoms with Gasteiger partial charge in [0.1, 0.15) is 6.20 Å². The van der Waals surface area contributed by atoms with E-state index in [0.717, 1.165) is 23.1 Å². The molecule has 0 fully saturated rings. The highest BCUT2D eigenvalue weighted by molar-refractivity contribution is 9.10. The fourth-order valence-electron chi connectivity index (χ4n) is 2.29. The molecule has 0 spiro atoms. The fraction of sp³-hybridized carbons (Fsp3) is 0.385. The standard InChI is InChI=1S/C13H14BrN4O/c1-9-2-3-15-6-10(9)13(19)18-5-4-17-8-12(18)16-7-11(17)14/h3,6-9H,2,4-5H2,1H3/q+1. The minimum Gasteiger partial charge on any atom is -0.281 e. The molecule has 6 heteroatoms. The Hall–Kier alpha value is -1.56. The third-order valence-corrected chi connectivity index (χ3v) is 4.15. The number of rotatable bonds is 1. The topological polar surface area (TPSA) is 49.4 Å². The number of hydrogen-bond donors (Lipinski definition) is 0. The summed E-state index contributed by atoms with van der Waals surface area (Å²) in [6.07, 6.45) is 7.97. The lowest BCUT2D eigenvalue weighted by Crippen LogP contribution is -2.50. The average Bonchev–Trinajstić information content (AvgIpc) is 2.43. The normalized spacial score (nSPS) is 21.3. The van der Waals surface area contributed by atoms with Crippen LogP contribution in [0, 0.1) is 5.92 Å². The van der Waals surface area contributed by atoms with E-state index in [2.05, 4.69) is 25.9 Å². The second-order valence-corrected chi connectivity index (χ2v) is 5.58. The summed E-state index contributed by atoms with van der Waals surface area (Å²) < 4.78 is 2.97. The van der Waals surface area contributed by atoms with Gasteiger partial charge in [-0.2, -0.15) is 4.57 Å². The van der Waals surface area contributed by atoms with Crippen molar-refractivity contribution in [2.45, 2.75) is 19.9 Å². The van der Waals surface area contributed by atoms with Crippen molar-refractivity contribution < 1.29 is 9.36 Å². The van der Waals surface area contributed by atoms with Crippen LogP contribution in [0.4, 0.5) is 5.82 Å².